The molecule has 0 amide bonds. The van der Waals surface area contributed by atoms with E-state index in [9.17, 15) is 0 Å². The molecule has 2 heterocycles. The van der Waals surface area contributed by atoms with E-state index in [4.69, 9.17) is 0 Å². The van der Waals surface area contributed by atoms with E-state index in [1.807, 2.05) is 0 Å². The average Bonchev–Trinajstić information content (AvgIpc) is 3.55. The summed E-state index contributed by atoms with van der Waals surface area (Å²) >= 11 is 0. The van der Waals surface area contributed by atoms with Crippen LogP contribution >= 0.6 is 0 Å². The number of aryl methyl sites for hydroxylation is 2. The summed E-state index contributed by atoms with van der Waals surface area (Å²) in [6, 6.07) is 41.4. The van der Waals surface area contributed by atoms with Crippen LogP contribution < -0.4 is 0 Å². The molecular formula is C42H38N2. The summed E-state index contributed by atoms with van der Waals surface area (Å²) in [4.78, 5) is 0. The van der Waals surface area contributed by atoms with Gasteiger partial charge in [0.05, 0.1) is 11.0 Å². The quantitative estimate of drug-likeness (QED) is 0.199. The Morgan fingerprint density at radius 1 is 0.545 bits per heavy atom. The van der Waals surface area contributed by atoms with Crippen molar-refractivity contribution in [3.63, 3.8) is 0 Å². The highest BCUT2D eigenvalue weighted by molar-refractivity contribution is 6.24. The molecule has 0 saturated carbocycles. The van der Waals surface area contributed by atoms with Crippen molar-refractivity contribution in [2.45, 2.75) is 53.5 Å². The van der Waals surface area contributed by atoms with Gasteiger partial charge in [-0.2, -0.15) is 0 Å². The van der Waals surface area contributed by atoms with Gasteiger partial charge in [-0.1, -0.05) is 92.7 Å². The molecule has 0 N–H and O–H groups in total. The molecule has 0 radical (unpaired) electrons. The topological polar surface area (TPSA) is 9.86 Å². The maximum Gasteiger partial charge on any atom is 0.0625 e. The summed E-state index contributed by atoms with van der Waals surface area (Å²) in [6.07, 6.45) is 0. The second kappa shape index (κ2) is 9.86. The van der Waals surface area contributed by atoms with Gasteiger partial charge >= 0.3 is 0 Å². The van der Waals surface area contributed by atoms with Crippen LogP contribution in [0.5, 0.6) is 0 Å². The van der Waals surface area contributed by atoms with Crippen LogP contribution in [-0.4, -0.2) is 9.13 Å². The monoisotopic (exact) mass is 570 g/mol. The summed E-state index contributed by atoms with van der Waals surface area (Å²) in [5.41, 5.74) is 13.0. The van der Waals surface area contributed by atoms with E-state index in [0.29, 0.717) is 12.0 Å². The zero-order valence-corrected chi connectivity index (χ0v) is 26.4. The van der Waals surface area contributed by atoms with Gasteiger partial charge in [-0.25, -0.2) is 0 Å². The Labute approximate surface area is 259 Å². The van der Waals surface area contributed by atoms with Crippen LogP contribution in [0.3, 0.4) is 0 Å². The van der Waals surface area contributed by atoms with Crippen molar-refractivity contribution in [2.75, 3.05) is 0 Å². The Morgan fingerprint density at radius 3 is 1.95 bits per heavy atom. The third-order valence-electron chi connectivity index (χ3n) is 9.65. The first-order valence-corrected chi connectivity index (χ1v) is 15.9. The normalized spacial score (nSPS) is 12.3. The van der Waals surface area contributed by atoms with Gasteiger partial charge in [0.25, 0.3) is 0 Å². The predicted octanol–water partition coefficient (Wildman–Crippen LogP) is 12.0. The fourth-order valence-corrected chi connectivity index (χ4v) is 7.72. The van der Waals surface area contributed by atoms with E-state index >= 15 is 0 Å². The molecule has 6 aromatic carbocycles. The molecular weight excluding hydrogens is 532 g/mol. The lowest BCUT2D eigenvalue weighted by molar-refractivity contribution is 0.642. The Kier molecular flexibility index (Phi) is 6.00. The minimum Gasteiger partial charge on any atom is -0.338 e. The fourth-order valence-electron chi connectivity index (χ4n) is 7.72. The van der Waals surface area contributed by atoms with E-state index in [0.717, 1.165) is 0 Å². The van der Waals surface area contributed by atoms with Crippen molar-refractivity contribution in [1.29, 1.82) is 0 Å². The lowest BCUT2D eigenvalue weighted by atomic mass is 9.94. The minimum absolute atomic E-state index is 0.353. The molecule has 0 saturated heterocycles. The molecule has 8 rings (SSSR count). The Bertz CT molecular complexity index is 2410. The van der Waals surface area contributed by atoms with E-state index < -0.39 is 0 Å². The number of rotatable bonds is 4. The Balaban J connectivity index is 1.53. The highest BCUT2D eigenvalue weighted by Gasteiger charge is 2.22. The molecule has 0 spiro atoms. The molecule has 0 atom stereocenters. The van der Waals surface area contributed by atoms with Crippen molar-refractivity contribution in [2.24, 2.45) is 0 Å². The van der Waals surface area contributed by atoms with E-state index in [-0.39, 0.29) is 0 Å². The molecule has 0 fully saturated rings. The molecule has 0 aliphatic carbocycles. The second-order valence-electron chi connectivity index (χ2n) is 13.1. The van der Waals surface area contributed by atoms with E-state index in [2.05, 4.69) is 160 Å². The van der Waals surface area contributed by atoms with Gasteiger partial charge in [0.1, 0.15) is 0 Å². The number of aromatic nitrogens is 2. The lowest BCUT2D eigenvalue weighted by Crippen LogP contribution is -2.02. The molecule has 0 aliphatic heterocycles. The zero-order valence-electron chi connectivity index (χ0n) is 26.4. The molecule has 2 nitrogen and oxygen atoms in total. The van der Waals surface area contributed by atoms with Gasteiger partial charge in [0, 0.05) is 49.7 Å². The molecule has 216 valence electrons. The van der Waals surface area contributed by atoms with Crippen LogP contribution in [-0.2, 0) is 0 Å². The summed E-state index contributed by atoms with van der Waals surface area (Å²) in [7, 11) is 0. The van der Waals surface area contributed by atoms with Crippen molar-refractivity contribution < 1.29 is 0 Å². The van der Waals surface area contributed by atoms with Gasteiger partial charge in [0.2, 0.25) is 0 Å². The number of nitrogens with zero attached hydrogens (tertiary/aromatic N) is 2. The van der Waals surface area contributed by atoms with Gasteiger partial charge in [0.15, 0.2) is 0 Å². The number of hydrogen-bond donors (Lipinski definition) is 0. The lowest BCUT2D eigenvalue weighted by Gasteiger charge is -2.18. The largest absolute Gasteiger partial charge is 0.338 e. The minimum atomic E-state index is 0.353. The predicted molar refractivity (Wildman–Crippen MR) is 191 cm³/mol. The summed E-state index contributed by atoms with van der Waals surface area (Å²) < 4.78 is 5.03. The van der Waals surface area contributed by atoms with Crippen molar-refractivity contribution in [3.05, 3.63) is 126 Å². The highest BCUT2D eigenvalue weighted by atomic mass is 15.0. The Morgan fingerprint density at radius 2 is 1.20 bits per heavy atom. The van der Waals surface area contributed by atoms with Crippen LogP contribution in [0.1, 0.15) is 56.3 Å². The first-order chi connectivity index (χ1) is 21.3. The van der Waals surface area contributed by atoms with Gasteiger partial charge in [-0.15, -0.1) is 0 Å². The fraction of sp³-hybridized carbons (Fsp3) is 0.190. The highest BCUT2D eigenvalue weighted by Crippen LogP contribution is 2.44. The number of fused-ring (bicyclic) bond motifs is 8. The second-order valence-corrected chi connectivity index (χ2v) is 13.1. The van der Waals surface area contributed by atoms with Crippen LogP contribution in [0.2, 0.25) is 0 Å². The third-order valence-corrected chi connectivity index (χ3v) is 9.65. The van der Waals surface area contributed by atoms with Crippen molar-refractivity contribution >= 4 is 54.4 Å². The van der Waals surface area contributed by atoms with Gasteiger partial charge in [-0.05, 0) is 97.1 Å². The summed E-state index contributed by atoms with van der Waals surface area (Å²) in [6.45, 7) is 13.7. The standard InChI is InChI=1S/C42H38N2/c1-25(2)35-21-28(6)39(22-27(35)5)44-38-18-12-10-16-34(38)41-36(23-29-13-7-8-14-31(29)42(41)44)30-19-20-33-32-15-9-11-17-37(32)43(26(3)4)40(33)24-30/h7-26H,1-6H3. The summed E-state index contributed by atoms with van der Waals surface area (Å²) in [5.74, 6) is 0.490. The smallest absolute Gasteiger partial charge is 0.0625 e. The Hall–Kier alpha value is -4.82. The first kappa shape index (κ1) is 26.8. The molecule has 0 aliphatic rings. The van der Waals surface area contributed by atoms with E-state index in [1.54, 1.807) is 0 Å². The first-order valence-electron chi connectivity index (χ1n) is 15.9. The number of benzene rings is 6. The molecule has 44 heavy (non-hydrogen) atoms. The van der Waals surface area contributed by atoms with Gasteiger partial charge < -0.3 is 9.13 Å². The summed E-state index contributed by atoms with van der Waals surface area (Å²) in [5, 5.41) is 7.78. The molecule has 0 bridgehead atoms. The maximum atomic E-state index is 2.53. The SMILES string of the molecule is Cc1cc(-n2c3ccccc3c3c(-c4ccc5c6ccccc6n(C(C)C)c5c4)cc4ccccc4c32)c(C)cc1C(C)C. The van der Waals surface area contributed by atoms with Crippen LogP contribution in [0, 0.1) is 13.8 Å². The molecule has 0 unspecified atom stereocenters. The third kappa shape index (κ3) is 3.80. The number of hydrogen-bond acceptors (Lipinski definition) is 0. The zero-order chi connectivity index (χ0) is 30.3. The van der Waals surface area contributed by atoms with Crippen molar-refractivity contribution in [3.8, 4) is 16.8 Å². The van der Waals surface area contributed by atoms with Crippen molar-refractivity contribution in [1.82, 2.24) is 9.13 Å². The molecule has 8 aromatic rings. The van der Waals surface area contributed by atoms with E-state index in [1.165, 1.54) is 87.9 Å². The van der Waals surface area contributed by atoms with Crippen LogP contribution in [0.25, 0.3) is 71.2 Å². The van der Waals surface area contributed by atoms with Gasteiger partial charge in [-0.3, -0.25) is 0 Å². The van der Waals surface area contributed by atoms with Crippen LogP contribution in [0.15, 0.2) is 109 Å². The maximum absolute atomic E-state index is 2.53. The van der Waals surface area contributed by atoms with Crippen LogP contribution in [0.4, 0.5) is 0 Å². The molecule has 2 heteroatoms. The molecule has 2 aromatic heterocycles. The average molecular weight is 571 g/mol. The number of para-hydroxylation sites is 2.